The van der Waals surface area contributed by atoms with Crippen molar-refractivity contribution in [1.29, 1.82) is 5.41 Å². The number of benzene rings is 1. The molecule has 0 aromatic heterocycles. The molecule has 0 unspecified atom stereocenters. The second-order valence-corrected chi connectivity index (χ2v) is 4.75. The van der Waals surface area contributed by atoms with Crippen LogP contribution in [-0.2, 0) is 0 Å². The number of rotatable bonds is 5. The lowest BCUT2D eigenvalue weighted by atomic mass is 10.2. The highest BCUT2D eigenvalue weighted by atomic mass is 16.5. The van der Waals surface area contributed by atoms with Crippen LogP contribution in [-0.4, -0.2) is 58.6 Å². The van der Waals surface area contributed by atoms with E-state index in [9.17, 15) is 5.11 Å². The highest BCUT2D eigenvalue weighted by Gasteiger charge is 2.25. The van der Waals surface area contributed by atoms with Crippen molar-refractivity contribution in [2.45, 2.75) is 5.85 Å². The van der Waals surface area contributed by atoms with Crippen LogP contribution in [0.2, 0.25) is 0 Å². The van der Waals surface area contributed by atoms with Crippen molar-refractivity contribution in [3.05, 3.63) is 24.3 Å². The lowest BCUT2D eigenvalue weighted by molar-refractivity contribution is 0.0198. The molecule has 0 saturated carbocycles. The summed E-state index contributed by atoms with van der Waals surface area (Å²) in [4.78, 5) is 4.29. The van der Waals surface area contributed by atoms with Gasteiger partial charge in [0, 0.05) is 7.05 Å². The van der Waals surface area contributed by atoms with E-state index in [1.54, 1.807) is 31.3 Å². The van der Waals surface area contributed by atoms with Gasteiger partial charge in [0.25, 0.3) is 0 Å². The smallest absolute Gasteiger partial charge is 0.236 e. The highest BCUT2D eigenvalue weighted by Crippen LogP contribution is 2.21. The molecule has 1 aliphatic rings. The van der Waals surface area contributed by atoms with Crippen molar-refractivity contribution in [3.63, 3.8) is 0 Å². The first kappa shape index (κ1) is 16.0. The van der Waals surface area contributed by atoms with E-state index in [4.69, 9.17) is 26.7 Å². The molecular formula is C13H18N6O3. The van der Waals surface area contributed by atoms with Crippen LogP contribution in [0.1, 0.15) is 0 Å². The lowest BCUT2D eigenvalue weighted by Gasteiger charge is -2.23. The van der Waals surface area contributed by atoms with Crippen molar-refractivity contribution in [2.75, 3.05) is 20.3 Å². The summed E-state index contributed by atoms with van der Waals surface area (Å²) in [5.41, 5.74) is 12.2. The van der Waals surface area contributed by atoms with E-state index in [0.29, 0.717) is 22.9 Å². The molecule has 7 N–H and O–H groups in total. The van der Waals surface area contributed by atoms with Gasteiger partial charge in [0.15, 0.2) is 5.84 Å². The van der Waals surface area contributed by atoms with Crippen LogP contribution >= 0.6 is 0 Å². The van der Waals surface area contributed by atoms with Crippen molar-refractivity contribution in [3.8, 4) is 5.75 Å². The Labute approximate surface area is 127 Å². The van der Waals surface area contributed by atoms with Crippen LogP contribution in [0.25, 0.3) is 0 Å². The number of ether oxygens (including phenoxy) is 1. The van der Waals surface area contributed by atoms with Gasteiger partial charge >= 0.3 is 0 Å². The summed E-state index contributed by atoms with van der Waals surface area (Å²) in [5, 5.41) is 31.4. The number of hydrazone groups is 1. The van der Waals surface area contributed by atoms with Gasteiger partial charge in [0.05, 0.1) is 12.3 Å². The molecule has 1 heterocycles. The summed E-state index contributed by atoms with van der Waals surface area (Å²) in [6.45, 7) is -0.830. The lowest BCUT2D eigenvalue weighted by Crippen LogP contribution is -2.57. The largest absolute Gasteiger partial charge is 0.458 e. The number of amidine groups is 1. The molecule has 1 aromatic rings. The van der Waals surface area contributed by atoms with E-state index >= 15 is 0 Å². The predicted molar refractivity (Wildman–Crippen MR) is 82.4 cm³/mol. The quantitative estimate of drug-likeness (QED) is 0.438. The standard InChI is InChI=1S/C13H18N6O3/c1-19-12(14)11(10(6-20)18-19)17-8-2-4-9(5-3-8)22-13(15,16)7-21/h2-5,14,20-21H,6-7,15-16H2,1H3. The Bertz CT molecular complexity index is 623. The normalized spacial score (nSPS) is 17.1. The van der Waals surface area contributed by atoms with Crippen LogP contribution in [0, 0.1) is 5.41 Å². The Hall–Kier alpha value is -2.33. The van der Waals surface area contributed by atoms with E-state index < -0.39 is 12.5 Å². The van der Waals surface area contributed by atoms with E-state index in [0.717, 1.165) is 0 Å². The number of nitrogens with one attached hydrogen (secondary N) is 1. The van der Waals surface area contributed by atoms with Gasteiger partial charge in [-0.25, -0.2) is 10.0 Å². The first-order chi connectivity index (χ1) is 10.4. The number of aliphatic hydroxyl groups is 2. The Balaban J connectivity index is 2.19. The van der Waals surface area contributed by atoms with E-state index in [1.165, 1.54) is 5.01 Å². The van der Waals surface area contributed by atoms with Gasteiger partial charge < -0.3 is 14.9 Å². The molecule has 9 nitrogen and oxygen atoms in total. The van der Waals surface area contributed by atoms with Crippen molar-refractivity contribution in [1.82, 2.24) is 5.01 Å². The topological polar surface area (TPSA) is 154 Å². The number of hydrogen-bond acceptors (Lipinski definition) is 8. The summed E-state index contributed by atoms with van der Waals surface area (Å²) >= 11 is 0. The van der Waals surface area contributed by atoms with Crippen LogP contribution in [0.5, 0.6) is 5.75 Å². The Kier molecular flexibility index (Phi) is 4.52. The van der Waals surface area contributed by atoms with Gasteiger partial charge in [-0.2, -0.15) is 5.10 Å². The minimum atomic E-state index is -1.65. The van der Waals surface area contributed by atoms with Crippen LogP contribution in [0.4, 0.5) is 5.69 Å². The SMILES string of the molecule is CN1N=C(CO)C(=Nc2ccc(OC(N)(N)CO)cc2)C1=N. The maximum atomic E-state index is 9.24. The summed E-state index contributed by atoms with van der Waals surface area (Å²) in [5.74, 6) is -1.18. The second kappa shape index (κ2) is 6.20. The fraction of sp³-hybridized carbons (Fsp3) is 0.308. The van der Waals surface area contributed by atoms with Gasteiger partial charge in [-0.3, -0.25) is 16.9 Å². The zero-order chi connectivity index (χ0) is 16.3. The minimum Gasteiger partial charge on any atom is -0.458 e. The van der Waals surface area contributed by atoms with Crippen LogP contribution < -0.4 is 16.2 Å². The second-order valence-electron chi connectivity index (χ2n) is 4.75. The third-order valence-electron chi connectivity index (χ3n) is 2.87. The first-order valence-corrected chi connectivity index (χ1v) is 6.44. The number of hydrogen-bond donors (Lipinski definition) is 5. The predicted octanol–water partition coefficient (Wildman–Crippen LogP) is -1.03. The minimum absolute atomic E-state index is 0.104. The summed E-state index contributed by atoms with van der Waals surface area (Å²) in [6, 6.07) is 6.44. The van der Waals surface area contributed by atoms with Crippen molar-refractivity contribution < 1.29 is 14.9 Å². The summed E-state index contributed by atoms with van der Waals surface area (Å²) in [6.07, 6.45) is 0. The fourth-order valence-electron chi connectivity index (χ4n) is 1.76. The molecule has 9 heteroatoms. The molecule has 0 atom stereocenters. The monoisotopic (exact) mass is 306 g/mol. The first-order valence-electron chi connectivity index (χ1n) is 6.44. The molecule has 0 saturated heterocycles. The molecular weight excluding hydrogens is 288 g/mol. The van der Waals surface area contributed by atoms with Gasteiger partial charge in [-0.05, 0) is 24.3 Å². The molecule has 0 amide bonds. The molecule has 2 rings (SSSR count). The van der Waals surface area contributed by atoms with E-state index in [2.05, 4.69) is 10.1 Å². The third-order valence-corrected chi connectivity index (χ3v) is 2.87. The number of nitrogens with zero attached hydrogens (tertiary/aromatic N) is 3. The highest BCUT2D eigenvalue weighted by molar-refractivity contribution is 6.70. The zero-order valence-electron chi connectivity index (χ0n) is 12.0. The maximum absolute atomic E-state index is 9.24. The summed E-state index contributed by atoms with van der Waals surface area (Å²) in [7, 11) is 1.61. The van der Waals surface area contributed by atoms with Gasteiger partial charge in [0.1, 0.15) is 23.8 Å². The number of aliphatic imine (C=N–C) groups is 1. The Morgan fingerprint density at radius 2 is 1.95 bits per heavy atom. The average Bonchev–Trinajstić information content (AvgIpc) is 2.76. The van der Waals surface area contributed by atoms with E-state index in [1.807, 2.05) is 0 Å². The van der Waals surface area contributed by atoms with E-state index in [-0.39, 0.29) is 12.4 Å². The Morgan fingerprint density at radius 1 is 1.32 bits per heavy atom. The molecule has 0 fully saturated rings. The van der Waals surface area contributed by atoms with Crippen molar-refractivity contribution >= 4 is 22.9 Å². The zero-order valence-corrected chi connectivity index (χ0v) is 12.0. The maximum Gasteiger partial charge on any atom is 0.236 e. The number of nitrogens with two attached hydrogens (primary N) is 2. The van der Waals surface area contributed by atoms with Gasteiger partial charge in [0.2, 0.25) is 5.85 Å². The van der Waals surface area contributed by atoms with Gasteiger partial charge in [-0.1, -0.05) is 0 Å². The molecule has 22 heavy (non-hydrogen) atoms. The molecule has 0 bridgehead atoms. The fourth-order valence-corrected chi connectivity index (χ4v) is 1.76. The number of aliphatic hydroxyl groups excluding tert-OH is 2. The molecule has 0 aliphatic carbocycles. The van der Waals surface area contributed by atoms with Crippen LogP contribution in [0.15, 0.2) is 34.4 Å². The summed E-state index contributed by atoms with van der Waals surface area (Å²) < 4.78 is 5.20. The Morgan fingerprint density at radius 3 is 2.50 bits per heavy atom. The molecule has 1 aromatic carbocycles. The molecule has 1 aliphatic heterocycles. The molecule has 118 valence electrons. The van der Waals surface area contributed by atoms with Gasteiger partial charge in [-0.15, -0.1) is 0 Å². The average molecular weight is 306 g/mol. The molecule has 0 radical (unpaired) electrons. The van der Waals surface area contributed by atoms with Crippen molar-refractivity contribution in [2.24, 2.45) is 21.6 Å². The third kappa shape index (κ3) is 3.46. The van der Waals surface area contributed by atoms with Crippen LogP contribution in [0.3, 0.4) is 0 Å². The molecule has 0 spiro atoms.